The van der Waals surface area contributed by atoms with Crippen molar-refractivity contribution in [1.82, 2.24) is 0 Å². The molecule has 1 N–H and O–H groups in total. The van der Waals surface area contributed by atoms with Gasteiger partial charge < -0.3 is 9.84 Å². The molecule has 1 saturated carbocycles. The zero-order valence-corrected chi connectivity index (χ0v) is 11.2. The molecule has 4 heteroatoms. The molecule has 0 aromatic carbocycles. The zero-order valence-electron chi connectivity index (χ0n) is 10.4. The fourth-order valence-corrected chi connectivity index (χ4v) is 2.92. The highest BCUT2D eigenvalue weighted by Gasteiger charge is 2.25. The average Bonchev–Trinajstić information content (AvgIpc) is 2.16. The third kappa shape index (κ3) is 5.21. The van der Waals surface area contributed by atoms with Gasteiger partial charge in [-0.05, 0) is 64.1 Å². The molecule has 1 aliphatic carbocycles. The lowest BCUT2D eigenvalue weighted by Crippen LogP contribution is -2.24. The second kappa shape index (κ2) is 5.92. The van der Waals surface area contributed by atoms with Crippen LogP contribution < -0.4 is 0 Å². The summed E-state index contributed by atoms with van der Waals surface area (Å²) in [6, 6.07) is 0. The molecule has 0 heterocycles. The predicted molar refractivity (Wildman–Crippen MR) is 66.7 cm³/mol. The maximum atomic E-state index is 11.6. The molecule has 0 bridgehead atoms. The van der Waals surface area contributed by atoms with Crippen molar-refractivity contribution in [2.75, 3.05) is 6.61 Å². The molecule has 0 atom stereocenters. The highest BCUT2D eigenvalue weighted by atomic mass is 32.2. The third-order valence-corrected chi connectivity index (χ3v) is 3.78. The molecule has 0 unspecified atom stereocenters. The lowest BCUT2D eigenvalue weighted by Gasteiger charge is -2.27. The van der Waals surface area contributed by atoms with Gasteiger partial charge in [0, 0.05) is 11.9 Å². The second-order valence-corrected chi connectivity index (χ2v) is 6.64. The quantitative estimate of drug-likeness (QED) is 0.760. The van der Waals surface area contributed by atoms with Gasteiger partial charge >= 0.3 is 5.30 Å². The third-order valence-electron chi connectivity index (χ3n) is 2.70. The van der Waals surface area contributed by atoms with Crippen molar-refractivity contribution in [1.29, 1.82) is 0 Å². The fourth-order valence-electron chi connectivity index (χ4n) is 1.84. The van der Waals surface area contributed by atoms with Crippen LogP contribution >= 0.6 is 11.8 Å². The van der Waals surface area contributed by atoms with Crippen LogP contribution in [0.4, 0.5) is 4.79 Å². The van der Waals surface area contributed by atoms with Gasteiger partial charge in [0.1, 0.15) is 5.60 Å². The first-order valence-corrected chi connectivity index (χ1v) is 6.79. The van der Waals surface area contributed by atoms with Gasteiger partial charge in [0.25, 0.3) is 0 Å². The summed E-state index contributed by atoms with van der Waals surface area (Å²) in [4.78, 5) is 11.6. The maximum absolute atomic E-state index is 11.6. The smallest absolute Gasteiger partial charge is 0.368 e. The van der Waals surface area contributed by atoms with Crippen molar-refractivity contribution in [2.24, 2.45) is 5.92 Å². The van der Waals surface area contributed by atoms with Crippen LogP contribution in [0, 0.1) is 5.92 Å². The van der Waals surface area contributed by atoms with E-state index in [9.17, 15) is 4.79 Å². The summed E-state index contributed by atoms with van der Waals surface area (Å²) in [6.07, 6.45) is 4.07. The van der Waals surface area contributed by atoms with E-state index in [-0.39, 0.29) is 11.9 Å². The average molecular weight is 246 g/mol. The van der Waals surface area contributed by atoms with Gasteiger partial charge in [-0.3, -0.25) is 0 Å². The normalized spacial score (nSPS) is 26.5. The van der Waals surface area contributed by atoms with E-state index in [0.717, 1.165) is 25.7 Å². The summed E-state index contributed by atoms with van der Waals surface area (Å²) in [6.45, 7) is 5.93. The van der Waals surface area contributed by atoms with E-state index in [4.69, 9.17) is 9.84 Å². The fraction of sp³-hybridized carbons (Fsp3) is 0.917. The Labute approximate surface area is 102 Å². The topological polar surface area (TPSA) is 46.5 Å². The van der Waals surface area contributed by atoms with Crippen LogP contribution in [0.3, 0.4) is 0 Å². The number of aliphatic hydroxyl groups excluding tert-OH is 1. The van der Waals surface area contributed by atoms with Crippen molar-refractivity contribution in [2.45, 2.75) is 57.3 Å². The molecule has 0 aliphatic heterocycles. The molecule has 0 aromatic rings. The van der Waals surface area contributed by atoms with E-state index in [1.54, 1.807) is 0 Å². The Hall–Kier alpha value is -0.220. The monoisotopic (exact) mass is 246 g/mol. The molecule has 16 heavy (non-hydrogen) atoms. The molecule has 94 valence electrons. The molecule has 0 aromatic heterocycles. The lowest BCUT2D eigenvalue weighted by atomic mass is 9.90. The standard InChI is InChI=1S/C12H22O3S/c1-12(2,3)15-11(14)16-10-6-4-9(8-13)5-7-10/h9-10,13H,4-8H2,1-3H3. The Bertz CT molecular complexity index is 227. The van der Waals surface area contributed by atoms with Crippen LogP contribution in [0.1, 0.15) is 46.5 Å². The van der Waals surface area contributed by atoms with Gasteiger partial charge in [-0.2, -0.15) is 0 Å². The van der Waals surface area contributed by atoms with Crippen LogP contribution in [0.2, 0.25) is 0 Å². The number of hydrogen-bond donors (Lipinski definition) is 1. The van der Waals surface area contributed by atoms with Crippen molar-refractivity contribution < 1.29 is 14.6 Å². The van der Waals surface area contributed by atoms with Gasteiger partial charge in [0.2, 0.25) is 0 Å². The minimum Gasteiger partial charge on any atom is -0.452 e. The second-order valence-electron chi connectivity index (χ2n) is 5.41. The molecule has 0 spiro atoms. The Kier molecular flexibility index (Phi) is 5.12. The molecular weight excluding hydrogens is 224 g/mol. The summed E-state index contributed by atoms with van der Waals surface area (Å²) in [5.41, 5.74) is -0.396. The van der Waals surface area contributed by atoms with Crippen LogP contribution in [-0.4, -0.2) is 27.9 Å². The van der Waals surface area contributed by atoms with Gasteiger partial charge in [-0.25, -0.2) is 4.79 Å². The molecule has 0 amide bonds. The lowest BCUT2D eigenvalue weighted by molar-refractivity contribution is 0.0736. The summed E-state index contributed by atoms with van der Waals surface area (Å²) < 4.78 is 5.27. The number of aliphatic hydroxyl groups is 1. The summed E-state index contributed by atoms with van der Waals surface area (Å²) in [7, 11) is 0. The number of thioether (sulfide) groups is 1. The minimum atomic E-state index is -0.396. The number of ether oxygens (including phenoxy) is 1. The first-order chi connectivity index (χ1) is 7.40. The van der Waals surface area contributed by atoms with Crippen LogP contribution in [0.25, 0.3) is 0 Å². The first kappa shape index (κ1) is 13.8. The Morgan fingerprint density at radius 3 is 2.31 bits per heavy atom. The van der Waals surface area contributed by atoms with Crippen molar-refractivity contribution in [3.63, 3.8) is 0 Å². The molecule has 1 fully saturated rings. The number of hydrogen-bond acceptors (Lipinski definition) is 4. The Morgan fingerprint density at radius 2 is 1.88 bits per heavy atom. The summed E-state index contributed by atoms with van der Waals surface area (Å²) in [5, 5.41) is 9.22. The van der Waals surface area contributed by atoms with E-state index in [2.05, 4.69) is 0 Å². The van der Waals surface area contributed by atoms with Crippen LogP contribution in [-0.2, 0) is 4.74 Å². The zero-order chi connectivity index (χ0) is 12.2. The van der Waals surface area contributed by atoms with E-state index in [1.165, 1.54) is 11.8 Å². The molecule has 0 saturated heterocycles. The van der Waals surface area contributed by atoms with Crippen LogP contribution in [0.15, 0.2) is 0 Å². The van der Waals surface area contributed by atoms with Crippen molar-refractivity contribution in [3.05, 3.63) is 0 Å². The Morgan fingerprint density at radius 1 is 1.31 bits per heavy atom. The molecular formula is C12H22O3S. The molecule has 0 radical (unpaired) electrons. The van der Waals surface area contributed by atoms with E-state index in [1.807, 2.05) is 20.8 Å². The predicted octanol–water partition coefficient (Wildman–Crippen LogP) is 3.21. The van der Waals surface area contributed by atoms with Gasteiger partial charge in [-0.15, -0.1) is 0 Å². The van der Waals surface area contributed by atoms with E-state index >= 15 is 0 Å². The van der Waals surface area contributed by atoms with Gasteiger partial charge in [0.15, 0.2) is 0 Å². The van der Waals surface area contributed by atoms with Crippen molar-refractivity contribution in [3.8, 4) is 0 Å². The molecule has 1 rings (SSSR count). The highest BCUT2D eigenvalue weighted by Crippen LogP contribution is 2.33. The minimum absolute atomic E-state index is 0.167. The summed E-state index contributed by atoms with van der Waals surface area (Å²) >= 11 is 1.32. The van der Waals surface area contributed by atoms with Crippen molar-refractivity contribution >= 4 is 17.1 Å². The SMILES string of the molecule is CC(C)(C)OC(=O)SC1CCC(CO)CC1. The first-order valence-electron chi connectivity index (χ1n) is 5.91. The van der Waals surface area contributed by atoms with Crippen LogP contribution in [0.5, 0.6) is 0 Å². The molecule has 1 aliphatic rings. The number of rotatable bonds is 2. The largest absolute Gasteiger partial charge is 0.452 e. The van der Waals surface area contributed by atoms with Gasteiger partial charge in [-0.1, -0.05) is 0 Å². The maximum Gasteiger partial charge on any atom is 0.368 e. The molecule has 3 nitrogen and oxygen atoms in total. The van der Waals surface area contributed by atoms with E-state index < -0.39 is 5.60 Å². The number of carbonyl (C=O) groups excluding carboxylic acids is 1. The van der Waals surface area contributed by atoms with E-state index in [0.29, 0.717) is 11.2 Å². The van der Waals surface area contributed by atoms with Gasteiger partial charge in [0.05, 0.1) is 0 Å². The Balaban J connectivity index is 2.26. The number of carbonyl (C=O) groups is 1. The summed E-state index contributed by atoms with van der Waals surface area (Å²) in [5.74, 6) is 0.440. The highest BCUT2D eigenvalue weighted by molar-refractivity contribution is 8.13.